The second kappa shape index (κ2) is 8.11. The van der Waals surface area contributed by atoms with E-state index in [-0.39, 0.29) is 0 Å². The van der Waals surface area contributed by atoms with E-state index < -0.39 is 5.41 Å². The molecular formula is C24H22OS. The molecule has 0 unspecified atom stereocenters. The summed E-state index contributed by atoms with van der Waals surface area (Å²) in [7, 11) is 1.61. The van der Waals surface area contributed by atoms with E-state index in [0.29, 0.717) is 5.05 Å². The van der Waals surface area contributed by atoms with Crippen molar-refractivity contribution < 1.29 is 4.74 Å². The first-order valence-electron chi connectivity index (χ1n) is 8.63. The van der Waals surface area contributed by atoms with Gasteiger partial charge in [0.2, 0.25) is 0 Å². The summed E-state index contributed by atoms with van der Waals surface area (Å²) in [6.07, 6.45) is 1.96. The van der Waals surface area contributed by atoms with Crippen molar-refractivity contribution in [1.82, 2.24) is 0 Å². The van der Waals surface area contributed by atoms with Gasteiger partial charge >= 0.3 is 0 Å². The molecule has 0 aliphatic heterocycles. The minimum atomic E-state index is -0.438. The third kappa shape index (κ3) is 3.33. The Labute approximate surface area is 161 Å². The lowest BCUT2D eigenvalue weighted by Crippen LogP contribution is -2.31. The van der Waals surface area contributed by atoms with E-state index in [4.69, 9.17) is 17.0 Å². The van der Waals surface area contributed by atoms with E-state index in [9.17, 15) is 0 Å². The zero-order chi connectivity index (χ0) is 18.4. The number of methoxy groups -OCH3 is 1. The standard InChI is InChI=1S/C24H22OS/c1-19(18-23(26)25-2)24(20-12-6-3-7-13-20,21-14-8-4-9-15-21)22-16-10-5-11-17-22/h3-18H,1-2H3/b19-18-. The maximum atomic E-state index is 5.35. The summed E-state index contributed by atoms with van der Waals surface area (Å²) in [4.78, 5) is 0. The van der Waals surface area contributed by atoms with Crippen LogP contribution in [0.15, 0.2) is 103 Å². The van der Waals surface area contributed by atoms with Gasteiger partial charge in [0.25, 0.3) is 0 Å². The number of hydrogen-bond donors (Lipinski definition) is 0. The van der Waals surface area contributed by atoms with Gasteiger partial charge < -0.3 is 4.74 Å². The number of rotatable bonds is 5. The van der Waals surface area contributed by atoms with Crippen LogP contribution < -0.4 is 0 Å². The molecule has 0 saturated heterocycles. The summed E-state index contributed by atoms with van der Waals surface area (Å²) in [6.45, 7) is 2.12. The maximum absolute atomic E-state index is 5.35. The molecule has 0 amide bonds. The second-order valence-corrected chi connectivity index (χ2v) is 6.60. The molecule has 0 aromatic heterocycles. The highest BCUT2D eigenvalue weighted by Gasteiger charge is 2.38. The van der Waals surface area contributed by atoms with Crippen molar-refractivity contribution in [2.45, 2.75) is 12.3 Å². The van der Waals surface area contributed by atoms with Gasteiger partial charge in [0.05, 0.1) is 12.5 Å². The molecule has 3 aromatic carbocycles. The quantitative estimate of drug-likeness (QED) is 0.317. The SMILES string of the molecule is COC(=S)/C=C(/C)C(c1ccccc1)(c1ccccc1)c1ccccc1. The molecule has 1 nitrogen and oxygen atoms in total. The molecule has 3 aromatic rings. The van der Waals surface area contributed by atoms with Crippen LogP contribution in [-0.2, 0) is 10.2 Å². The molecule has 26 heavy (non-hydrogen) atoms. The highest BCUT2D eigenvalue weighted by Crippen LogP contribution is 2.44. The first-order valence-corrected chi connectivity index (χ1v) is 9.03. The van der Waals surface area contributed by atoms with Gasteiger partial charge in [-0.1, -0.05) is 91.0 Å². The zero-order valence-electron chi connectivity index (χ0n) is 15.1. The maximum Gasteiger partial charge on any atom is 0.183 e. The fourth-order valence-electron chi connectivity index (χ4n) is 3.59. The van der Waals surface area contributed by atoms with Gasteiger partial charge in [-0.25, -0.2) is 0 Å². The third-order valence-electron chi connectivity index (χ3n) is 4.75. The Morgan fingerprint density at radius 2 is 1.08 bits per heavy atom. The molecule has 0 heterocycles. The Bertz CT molecular complexity index is 787. The average Bonchev–Trinajstić information content (AvgIpc) is 2.71. The molecule has 130 valence electrons. The van der Waals surface area contributed by atoms with Crippen molar-refractivity contribution in [1.29, 1.82) is 0 Å². The summed E-state index contributed by atoms with van der Waals surface area (Å²) in [5.74, 6) is 0. The Morgan fingerprint density at radius 3 is 1.38 bits per heavy atom. The van der Waals surface area contributed by atoms with Crippen molar-refractivity contribution in [3.63, 3.8) is 0 Å². The van der Waals surface area contributed by atoms with E-state index in [1.807, 2.05) is 24.3 Å². The molecule has 3 rings (SSSR count). The Morgan fingerprint density at radius 1 is 0.731 bits per heavy atom. The first kappa shape index (κ1) is 18.1. The van der Waals surface area contributed by atoms with E-state index in [1.165, 1.54) is 16.7 Å². The van der Waals surface area contributed by atoms with Crippen LogP contribution in [0.25, 0.3) is 0 Å². The van der Waals surface area contributed by atoms with Crippen molar-refractivity contribution in [2.75, 3.05) is 7.11 Å². The van der Waals surface area contributed by atoms with Crippen molar-refractivity contribution in [3.8, 4) is 0 Å². The fraction of sp³-hybridized carbons (Fsp3) is 0.125. The highest BCUT2D eigenvalue weighted by molar-refractivity contribution is 7.80. The van der Waals surface area contributed by atoms with Crippen LogP contribution in [0.4, 0.5) is 0 Å². The molecular weight excluding hydrogens is 336 g/mol. The number of thiocarbonyl (C=S) groups is 1. The van der Waals surface area contributed by atoms with Crippen LogP contribution in [0.1, 0.15) is 23.6 Å². The zero-order valence-corrected chi connectivity index (χ0v) is 15.9. The van der Waals surface area contributed by atoms with Gasteiger partial charge in [0, 0.05) is 0 Å². The summed E-state index contributed by atoms with van der Waals surface area (Å²) in [5.41, 5.74) is 4.28. The molecule has 2 heteroatoms. The van der Waals surface area contributed by atoms with E-state index >= 15 is 0 Å². The molecule has 0 aliphatic carbocycles. The van der Waals surface area contributed by atoms with Gasteiger partial charge in [-0.2, -0.15) is 0 Å². The fourth-order valence-corrected chi connectivity index (χ4v) is 3.77. The second-order valence-electron chi connectivity index (χ2n) is 6.20. The molecule has 0 N–H and O–H groups in total. The Kier molecular flexibility index (Phi) is 5.65. The smallest absolute Gasteiger partial charge is 0.183 e. The predicted octanol–water partition coefficient (Wildman–Crippen LogP) is 5.94. The molecule has 0 fully saturated rings. The van der Waals surface area contributed by atoms with E-state index in [1.54, 1.807) is 7.11 Å². The largest absolute Gasteiger partial charge is 0.487 e. The Hall–Kier alpha value is -2.71. The van der Waals surface area contributed by atoms with Crippen LogP contribution in [0.2, 0.25) is 0 Å². The van der Waals surface area contributed by atoms with E-state index in [0.717, 1.165) is 5.57 Å². The topological polar surface area (TPSA) is 9.23 Å². The van der Waals surface area contributed by atoms with Crippen LogP contribution in [0, 0.1) is 0 Å². The lowest BCUT2D eigenvalue weighted by molar-refractivity contribution is 0.417. The van der Waals surface area contributed by atoms with E-state index in [2.05, 4.69) is 79.7 Å². The van der Waals surface area contributed by atoms with Crippen LogP contribution >= 0.6 is 12.2 Å². The van der Waals surface area contributed by atoms with Crippen molar-refractivity contribution >= 4 is 17.3 Å². The molecule has 0 spiro atoms. The summed E-state index contributed by atoms with van der Waals surface area (Å²) in [6, 6.07) is 31.7. The van der Waals surface area contributed by atoms with Crippen molar-refractivity contribution in [2.24, 2.45) is 0 Å². The molecule has 0 atom stereocenters. The summed E-state index contributed by atoms with van der Waals surface area (Å²) < 4.78 is 5.28. The molecule has 0 radical (unpaired) electrons. The minimum absolute atomic E-state index is 0.438. The first-order chi connectivity index (χ1) is 12.7. The average molecular weight is 359 g/mol. The van der Waals surface area contributed by atoms with Crippen molar-refractivity contribution in [3.05, 3.63) is 119 Å². The van der Waals surface area contributed by atoms with Gasteiger partial charge in [0.1, 0.15) is 0 Å². The lowest BCUT2D eigenvalue weighted by Gasteiger charge is -2.37. The number of allylic oxidation sites excluding steroid dienone is 1. The number of ether oxygens (including phenoxy) is 1. The summed E-state index contributed by atoms with van der Waals surface area (Å²) >= 11 is 5.35. The van der Waals surface area contributed by atoms with Gasteiger partial charge in [-0.05, 0) is 47.5 Å². The molecule has 0 bridgehead atoms. The molecule has 0 saturated carbocycles. The summed E-state index contributed by atoms with van der Waals surface area (Å²) in [5, 5.41) is 0.481. The predicted molar refractivity (Wildman–Crippen MR) is 113 cm³/mol. The van der Waals surface area contributed by atoms with Crippen LogP contribution in [0.3, 0.4) is 0 Å². The number of benzene rings is 3. The highest BCUT2D eigenvalue weighted by atomic mass is 32.1. The van der Waals surface area contributed by atoms with Crippen LogP contribution in [-0.4, -0.2) is 12.2 Å². The minimum Gasteiger partial charge on any atom is -0.487 e. The monoisotopic (exact) mass is 358 g/mol. The van der Waals surface area contributed by atoms with Gasteiger partial charge in [0.15, 0.2) is 5.05 Å². The normalized spacial score (nSPS) is 11.8. The number of hydrogen-bond acceptors (Lipinski definition) is 2. The Balaban J connectivity index is 2.39. The molecule has 0 aliphatic rings. The van der Waals surface area contributed by atoms with Gasteiger partial charge in [-0.15, -0.1) is 0 Å². The lowest BCUT2D eigenvalue weighted by atomic mass is 9.65. The third-order valence-corrected chi connectivity index (χ3v) is 5.03. The van der Waals surface area contributed by atoms with Crippen LogP contribution in [0.5, 0.6) is 0 Å². The van der Waals surface area contributed by atoms with Gasteiger partial charge in [-0.3, -0.25) is 0 Å².